The van der Waals surface area contributed by atoms with Gasteiger partial charge in [0, 0.05) is 19.6 Å². The van der Waals surface area contributed by atoms with Gasteiger partial charge in [0.1, 0.15) is 21.3 Å². The molecule has 1 fully saturated rings. The molecule has 22 heavy (non-hydrogen) atoms. The zero-order valence-corrected chi connectivity index (χ0v) is 13.9. The highest BCUT2D eigenvalue weighted by molar-refractivity contribution is 7.20. The highest BCUT2D eigenvalue weighted by Gasteiger charge is 2.23. The van der Waals surface area contributed by atoms with Gasteiger partial charge in [-0.3, -0.25) is 0 Å². The molecule has 2 aromatic rings. The molecule has 0 atom stereocenters. The minimum absolute atomic E-state index is 0.304. The molecule has 2 aromatic heterocycles. The number of esters is 1. The van der Waals surface area contributed by atoms with Gasteiger partial charge in [0.05, 0.1) is 12.5 Å². The van der Waals surface area contributed by atoms with E-state index in [9.17, 15) is 4.79 Å². The number of aromatic nitrogens is 2. The first kappa shape index (κ1) is 15.2. The van der Waals surface area contributed by atoms with Crippen LogP contribution in [0.4, 0.5) is 5.82 Å². The van der Waals surface area contributed by atoms with Crippen LogP contribution in [0, 0.1) is 13.8 Å². The molecule has 0 aliphatic carbocycles. The maximum atomic E-state index is 11.9. The maximum absolute atomic E-state index is 11.9. The molecule has 0 aromatic carbocycles. The van der Waals surface area contributed by atoms with Gasteiger partial charge < -0.3 is 15.0 Å². The van der Waals surface area contributed by atoms with Crippen molar-refractivity contribution in [1.29, 1.82) is 0 Å². The van der Waals surface area contributed by atoms with E-state index in [1.54, 1.807) is 0 Å². The van der Waals surface area contributed by atoms with Gasteiger partial charge in [-0.1, -0.05) is 0 Å². The smallest absolute Gasteiger partial charge is 0.348 e. The number of anilines is 1. The molecule has 0 saturated carbocycles. The average molecular weight is 320 g/mol. The second-order valence-corrected chi connectivity index (χ2v) is 6.41. The van der Waals surface area contributed by atoms with Gasteiger partial charge in [0.25, 0.3) is 0 Å². The van der Waals surface area contributed by atoms with Crippen LogP contribution in [0.15, 0.2) is 0 Å². The van der Waals surface area contributed by atoms with Crippen molar-refractivity contribution in [1.82, 2.24) is 15.3 Å². The second-order valence-electron chi connectivity index (χ2n) is 5.41. The van der Waals surface area contributed by atoms with Crippen molar-refractivity contribution < 1.29 is 9.53 Å². The molecular formula is C15H20N4O2S. The number of carbonyl (C=O) groups excluding carboxylic acids is 1. The van der Waals surface area contributed by atoms with Gasteiger partial charge in [0.15, 0.2) is 0 Å². The van der Waals surface area contributed by atoms with Crippen molar-refractivity contribution in [2.75, 3.05) is 38.2 Å². The fraction of sp³-hybridized carbons (Fsp3) is 0.533. The lowest BCUT2D eigenvalue weighted by molar-refractivity contribution is 0.0605. The molecule has 3 heterocycles. The van der Waals surface area contributed by atoms with Crippen LogP contribution in [-0.2, 0) is 4.74 Å². The van der Waals surface area contributed by atoms with E-state index < -0.39 is 0 Å². The first-order valence-electron chi connectivity index (χ1n) is 7.43. The number of hydrogen-bond donors (Lipinski definition) is 1. The van der Waals surface area contributed by atoms with Crippen LogP contribution in [0.1, 0.15) is 27.5 Å². The van der Waals surface area contributed by atoms with Gasteiger partial charge in [0.2, 0.25) is 0 Å². The van der Waals surface area contributed by atoms with E-state index in [1.165, 1.54) is 18.4 Å². The Kier molecular flexibility index (Phi) is 4.26. The minimum Gasteiger partial charge on any atom is -0.465 e. The van der Waals surface area contributed by atoms with Crippen molar-refractivity contribution in [2.24, 2.45) is 0 Å². The standard InChI is InChI=1S/C15H20N4O2S/c1-9-11-13(19-7-4-5-16-6-8-19)17-10(2)18-14(11)22-12(9)15(20)21-3/h16H,4-8H2,1-3H3. The van der Waals surface area contributed by atoms with E-state index in [2.05, 4.69) is 20.2 Å². The molecule has 1 saturated heterocycles. The van der Waals surface area contributed by atoms with Crippen LogP contribution in [0.3, 0.4) is 0 Å². The summed E-state index contributed by atoms with van der Waals surface area (Å²) in [6.45, 7) is 7.68. The second kappa shape index (κ2) is 6.18. The third-order valence-corrected chi connectivity index (χ3v) is 5.06. The first-order valence-corrected chi connectivity index (χ1v) is 8.25. The van der Waals surface area contributed by atoms with E-state index >= 15 is 0 Å². The number of thiophene rings is 1. The topological polar surface area (TPSA) is 67.3 Å². The highest BCUT2D eigenvalue weighted by atomic mass is 32.1. The number of ether oxygens (including phenoxy) is 1. The molecule has 3 rings (SSSR count). The van der Waals surface area contributed by atoms with Crippen LogP contribution in [0.5, 0.6) is 0 Å². The summed E-state index contributed by atoms with van der Waals surface area (Å²) in [5.74, 6) is 1.37. The van der Waals surface area contributed by atoms with E-state index in [0.29, 0.717) is 4.88 Å². The number of nitrogens with one attached hydrogen (secondary N) is 1. The minimum atomic E-state index is -0.304. The molecule has 118 valence electrons. The predicted octanol–water partition coefficient (Wildman–Crippen LogP) is 1.89. The average Bonchev–Trinajstić information content (AvgIpc) is 2.70. The number of aryl methyl sites for hydroxylation is 2. The van der Waals surface area contributed by atoms with Crippen molar-refractivity contribution in [3.8, 4) is 0 Å². The lowest BCUT2D eigenvalue weighted by atomic mass is 10.2. The molecule has 1 aliphatic heterocycles. The molecule has 0 bridgehead atoms. The highest BCUT2D eigenvalue weighted by Crippen LogP contribution is 2.35. The summed E-state index contributed by atoms with van der Waals surface area (Å²) in [6, 6.07) is 0. The predicted molar refractivity (Wildman–Crippen MR) is 87.9 cm³/mol. The summed E-state index contributed by atoms with van der Waals surface area (Å²) in [6.07, 6.45) is 1.08. The van der Waals surface area contributed by atoms with Crippen LogP contribution < -0.4 is 10.2 Å². The Labute approximate surface area is 133 Å². The molecule has 0 spiro atoms. The zero-order valence-electron chi connectivity index (χ0n) is 13.1. The summed E-state index contributed by atoms with van der Waals surface area (Å²) < 4.78 is 4.88. The third kappa shape index (κ3) is 2.66. The number of nitrogens with zero attached hydrogens (tertiary/aromatic N) is 3. The molecule has 1 N–H and O–H groups in total. The van der Waals surface area contributed by atoms with Crippen molar-refractivity contribution in [2.45, 2.75) is 20.3 Å². The van der Waals surface area contributed by atoms with E-state index in [-0.39, 0.29) is 5.97 Å². The number of fused-ring (bicyclic) bond motifs is 1. The molecule has 0 amide bonds. The number of methoxy groups -OCH3 is 1. The molecule has 1 aliphatic rings. The molecule has 6 nitrogen and oxygen atoms in total. The summed E-state index contributed by atoms with van der Waals surface area (Å²) in [7, 11) is 1.41. The van der Waals surface area contributed by atoms with Crippen LogP contribution >= 0.6 is 11.3 Å². The normalized spacial score (nSPS) is 15.9. The monoisotopic (exact) mass is 320 g/mol. The van der Waals surface area contributed by atoms with E-state index in [4.69, 9.17) is 4.74 Å². The Balaban J connectivity index is 2.16. The lowest BCUT2D eigenvalue weighted by Gasteiger charge is -2.22. The summed E-state index contributed by atoms with van der Waals surface area (Å²) in [4.78, 5) is 24.9. The first-order chi connectivity index (χ1) is 10.6. The fourth-order valence-electron chi connectivity index (χ4n) is 2.80. The SMILES string of the molecule is COC(=O)c1sc2nc(C)nc(N3CCCNCC3)c2c1C. The van der Waals surface area contributed by atoms with Gasteiger partial charge in [-0.25, -0.2) is 14.8 Å². The maximum Gasteiger partial charge on any atom is 0.348 e. The van der Waals surface area contributed by atoms with Gasteiger partial charge in [-0.05, 0) is 32.4 Å². The van der Waals surface area contributed by atoms with Gasteiger partial charge >= 0.3 is 5.97 Å². The molecule has 0 unspecified atom stereocenters. The van der Waals surface area contributed by atoms with Gasteiger partial charge in [-0.2, -0.15) is 0 Å². The summed E-state index contributed by atoms with van der Waals surface area (Å²) >= 11 is 1.39. The molecule has 7 heteroatoms. The zero-order chi connectivity index (χ0) is 15.7. The Morgan fingerprint density at radius 1 is 1.27 bits per heavy atom. The summed E-state index contributed by atoms with van der Waals surface area (Å²) in [5.41, 5.74) is 0.916. The largest absolute Gasteiger partial charge is 0.465 e. The Morgan fingerprint density at radius 2 is 2.09 bits per heavy atom. The van der Waals surface area contributed by atoms with Crippen LogP contribution in [-0.4, -0.2) is 49.2 Å². The summed E-state index contributed by atoms with van der Waals surface area (Å²) in [5, 5.41) is 4.38. The number of carbonyl (C=O) groups is 1. The third-order valence-electron chi connectivity index (χ3n) is 3.89. The molecular weight excluding hydrogens is 300 g/mol. The van der Waals surface area contributed by atoms with E-state index in [1.807, 2.05) is 13.8 Å². The van der Waals surface area contributed by atoms with Gasteiger partial charge in [-0.15, -0.1) is 11.3 Å². The Bertz CT molecular complexity index is 705. The van der Waals surface area contributed by atoms with Crippen molar-refractivity contribution in [3.63, 3.8) is 0 Å². The quantitative estimate of drug-likeness (QED) is 0.853. The lowest BCUT2D eigenvalue weighted by Crippen LogP contribution is -2.29. The fourth-order valence-corrected chi connectivity index (χ4v) is 3.93. The molecule has 0 radical (unpaired) electrons. The Morgan fingerprint density at radius 3 is 2.86 bits per heavy atom. The number of hydrogen-bond acceptors (Lipinski definition) is 7. The van der Waals surface area contributed by atoms with Crippen LogP contribution in [0.25, 0.3) is 10.2 Å². The Hall–Kier alpha value is -1.73. The van der Waals surface area contributed by atoms with Crippen molar-refractivity contribution >= 4 is 33.3 Å². The van der Waals surface area contributed by atoms with Crippen molar-refractivity contribution in [3.05, 3.63) is 16.3 Å². The van der Waals surface area contributed by atoms with E-state index in [0.717, 1.165) is 60.0 Å². The number of rotatable bonds is 2. The van der Waals surface area contributed by atoms with Crippen LogP contribution in [0.2, 0.25) is 0 Å².